The van der Waals surface area contributed by atoms with E-state index in [0.29, 0.717) is 5.92 Å². The summed E-state index contributed by atoms with van der Waals surface area (Å²) in [7, 11) is 0. The maximum absolute atomic E-state index is 5.59. The van der Waals surface area contributed by atoms with Crippen LogP contribution in [-0.2, 0) is 4.89 Å². The molecule has 0 fully saturated rings. The Hall–Kier alpha value is -1.02. The molecule has 1 aromatic rings. The summed E-state index contributed by atoms with van der Waals surface area (Å²) in [5.41, 5.74) is 1.23. The lowest BCUT2D eigenvalue weighted by Crippen LogP contribution is -2.31. The van der Waals surface area contributed by atoms with Gasteiger partial charge in [-0.05, 0) is 49.3 Å². The summed E-state index contributed by atoms with van der Waals surface area (Å²) in [6, 6.07) is 8.09. The molecule has 0 unspecified atom stereocenters. The van der Waals surface area contributed by atoms with Crippen molar-refractivity contribution >= 4 is 0 Å². The second kappa shape index (κ2) is 5.96. The molecule has 19 heavy (non-hydrogen) atoms. The second-order valence-corrected chi connectivity index (χ2v) is 7.39. The van der Waals surface area contributed by atoms with E-state index in [1.807, 2.05) is 12.1 Å². The summed E-state index contributed by atoms with van der Waals surface area (Å²) >= 11 is 0. The van der Waals surface area contributed by atoms with E-state index in [1.54, 1.807) is 0 Å². The molecule has 0 aliphatic carbocycles. The van der Waals surface area contributed by atoms with E-state index in [9.17, 15) is 0 Å². The molecule has 108 valence electrons. The predicted molar refractivity (Wildman–Crippen MR) is 80.4 cm³/mol. The van der Waals surface area contributed by atoms with Gasteiger partial charge in [0.25, 0.3) is 0 Å². The normalized spacial score (nSPS) is 12.8. The monoisotopic (exact) mass is 264 g/mol. The molecule has 0 atom stereocenters. The first-order chi connectivity index (χ1) is 8.59. The van der Waals surface area contributed by atoms with Gasteiger partial charge in [-0.1, -0.05) is 46.8 Å². The Bertz CT molecular complexity index is 383. The minimum Gasteiger partial charge on any atom is -0.337 e. The Labute approximate surface area is 118 Å². The number of benzene rings is 1. The first-order valence-electron chi connectivity index (χ1n) is 7.05. The Morgan fingerprint density at radius 2 is 1.47 bits per heavy atom. The smallest absolute Gasteiger partial charge is 0.165 e. The lowest BCUT2D eigenvalue weighted by atomic mass is 9.84. The van der Waals surface area contributed by atoms with E-state index in [4.69, 9.17) is 9.78 Å². The van der Waals surface area contributed by atoms with Crippen molar-refractivity contribution in [3.63, 3.8) is 0 Å². The SMILES string of the molecule is CC(C)c1ccc(OOC(C)(C)CC(C)(C)C)cc1. The maximum Gasteiger partial charge on any atom is 0.165 e. The summed E-state index contributed by atoms with van der Waals surface area (Å²) < 4.78 is 0. The molecule has 0 saturated carbocycles. The number of hydrogen-bond acceptors (Lipinski definition) is 2. The molecular formula is C17H28O2. The van der Waals surface area contributed by atoms with Crippen LogP contribution in [0.3, 0.4) is 0 Å². The Morgan fingerprint density at radius 1 is 0.947 bits per heavy atom. The molecule has 0 N–H and O–H groups in total. The highest BCUT2D eigenvalue weighted by Crippen LogP contribution is 2.30. The first-order valence-corrected chi connectivity index (χ1v) is 7.05. The quantitative estimate of drug-likeness (QED) is 0.528. The van der Waals surface area contributed by atoms with Crippen molar-refractivity contribution in [3.8, 4) is 5.75 Å². The molecule has 0 amide bonds. The van der Waals surface area contributed by atoms with Crippen molar-refractivity contribution in [1.82, 2.24) is 0 Å². The third kappa shape index (κ3) is 6.11. The molecule has 2 heteroatoms. The van der Waals surface area contributed by atoms with Crippen LogP contribution in [-0.4, -0.2) is 5.60 Å². The highest BCUT2D eigenvalue weighted by atomic mass is 17.2. The fraction of sp³-hybridized carbons (Fsp3) is 0.647. The topological polar surface area (TPSA) is 18.5 Å². The third-order valence-corrected chi connectivity index (χ3v) is 2.87. The third-order valence-electron chi connectivity index (χ3n) is 2.87. The van der Waals surface area contributed by atoms with Crippen molar-refractivity contribution in [1.29, 1.82) is 0 Å². The van der Waals surface area contributed by atoms with Gasteiger partial charge in [-0.25, -0.2) is 0 Å². The van der Waals surface area contributed by atoms with E-state index in [1.165, 1.54) is 5.56 Å². The van der Waals surface area contributed by atoms with Crippen molar-refractivity contribution < 1.29 is 9.78 Å². The highest BCUT2D eigenvalue weighted by molar-refractivity contribution is 5.28. The van der Waals surface area contributed by atoms with Gasteiger partial charge in [-0.15, -0.1) is 0 Å². The van der Waals surface area contributed by atoms with Gasteiger partial charge in [0.2, 0.25) is 0 Å². The van der Waals surface area contributed by atoms with Crippen LogP contribution >= 0.6 is 0 Å². The number of hydrogen-bond donors (Lipinski definition) is 0. The summed E-state index contributed by atoms with van der Waals surface area (Å²) in [5.74, 6) is 1.29. The Kier molecular flexibility index (Phi) is 5.03. The van der Waals surface area contributed by atoms with Crippen LogP contribution < -0.4 is 4.89 Å². The van der Waals surface area contributed by atoms with Gasteiger partial charge in [-0.3, -0.25) is 0 Å². The molecule has 1 aromatic carbocycles. The first kappa shape index (κ1) is 16.0. The molecule has 0 aliphatic heterocycles. The van der Waals surface area contributed by atoms with E-state index in [-0.39, 0.29) is 11.0 Å². The molecule has 0 bridgehead atoms. The maximum atomic E-state index is 5.59. The lowest BCUT2D eigenvalue weighted by molar-refractivity contribution is -0.287. The van der Waals surface area contributed by atoms with E-state index < -0.39 is 0 Å². The zero-order chi connectivity index (χ0) is 14.7. The summed E-state index contributed by atoms with van der Waals surface area (Å²) in [6.45, 7) is 15.1. The summed E-state index contributed by atoms with van der Waals surface area (Å²) in [5, 5.41) is 0. The average Bonchev–Trinajstić information content (AvgIpc) is 2.24. The van der Waals surface area contributed by atoms with Gasteiger partial charge < -0.3 is 4.89 Å². The zero-order valence-electron chi connectivity index (χ0n) is 13.4. The minimum atomic E-state index is -0.297. The van der Waals surface area contributed by atoms with Crippen molar-refractivity contribution in [2.24, 2.45) is 5.41 Å². The minimum absolute atomic E-state index is 0.217. The van der Waals surface area contributed by atoms with Crippen molar-refractivity contribution in [3.05, 3.63) is 29.8 Å². The molecule has 0 aliphatic rings. The van der Waals surface area contributed by atoms with Gasteiger partial charge in [-0.2, -0.15) is 4.89 Å². The van der Waals surface area contributed by atoms with Crippen LogP contribution in [0.1, 0.15) is 66.4 Å². The number of rotatable bonds is 5. The fourth-order valence-electron chi connectivity index (χ4n) is 2.38. The van der Waals surface area contributed by atoms with Crippen LogP contribution in [0, 0.1) is 5.41 Å². The molecule has 0 heterocycles. The second-order valence-electron chi connectivity index (χ2n) is 7.39. The van der Waals surface area contributed by atoms with Crippen LogP contribution in [0.2, 0.25) is 0 Å². The van der Waals surface area contributed by atoms with Gasteiger partial charge in [0, 0.05) is 0 Å². The lowest BCUT2D eigenvalue weighted by Gasteiger charge is -2.30. The van der Waals surface area contributed by atoms with Gasteiger partial charge >= 0.3 is 0 Å². The van der Waals surface area contributed by atoms with E-state index in [2.05, 4.69) is 60.6 Å². The van der Waals surface area contributed by atoms with Crippen LogP contribution in [0.25, 0.3) is 0 Å². The van der Waals surface area contributed by atoms with E-state index >= 15 is 0 Å². The molecule has 0 radical (unpaired) electrons. The highest BCUT2D eigenvalue weighted by Gasteiger charge is 2.28. The largest absolute Gasteiger partial charge is 0.337 e. The molecule has 0 spiro atoms. The molecule has 0 saturated heterocycles. The molecule has 1 rings (SSSR count). The summed E-state index contributed by atoms with van der Waals surface area (Å²) in [4.78, 5) is 11.0. The molecule has 0 aromatic heterocycles. The summed E-state index contributed by atoms with van der Waals surface area (Å²) in [6.07, 6.45) is 0.935. The van der Waals surface area contributed by atoms with Crippen molar-refractivity contribution in [2.75, 3.05) is 0 Å². The molecular weight excluding hydrogens is 236 g/mol. The van der Waals surface area contributed by atoms with Crippen LogP contribution in [0.4, 0.5) is 0 Å². The fourth-order valence-corrected chi connectivity index (χ4v) is 2.38. The van der Waals surface area contributed by atoms with Crippen LogP contribution in [0.5, 0.6) is 5.75 Å². The Morgan fingerprint density at radius 3 is 1.89 bits per heavy atom. The Balaban J connectivity index is 2.56. The van der Waals surface area contributed by atoms with Gasteiger partial charge in [0.05, 0.1) is 0 Å². The van der Waals surface area contributed by atoms with Crippen LogP contribution in [0.15, 0.2) is 24.3 Å². The van der Waals surface area contributed by atoms with E-state index in [0.717, 1.165) is 12.2 Å². The molecule has 2 nitrogen and oxygen atoms in total. The van der Waals surface area contributed by atoms with Gasteiger partial charge in [0.1, 0.15) is 5.60 Å². The predicted octanol–water partition coefficient (Wildman–Crippen LogP) is 5.34. The zero-order valence-corrected chi connectivity index (χ0v) is 13.4. The average molecular weight is 264 g/mol. The van der Waals surface area contributed by atoms with Crippen molar-refractivity contribution in [2.45, 2.75) is 66.4 Å². The standard InChI is InChI=1S/C17H28O2/c1-13(2)14-8-10-15(11-9-14)18-19-17(6,7)12-16(3,4)5/h8-11,13H,12H2,1-7H3. The van der Waals surface area contributed by atoms with Gasteiger partial charge in [0.15, 0.2) is 5.75 Å².